The largest absolute Gasteiger partial charge is 0.497 e. The number of fused-ring (bicyclic) bond motifs is 1. The van der Waals surface area contributed by atoms with Gasteiger partial charge in [-0.25, -0.2) is 14.8 Å². The minimum Gasteiger partial charge on any atom is -0.497 e. The Morgan fingerprint density at radius 2 is 1.81 bits per heavy atom. The Balaban J connectivity index is 1.74. The average molecular weight is 452 g/mol. The number of amides is 1. The van der Waals surface area contributed by atoms with Crippen molar-refractivity contribution in [3.63, 3.8) is 0 Å². The van der Waals surface area contributed by atoms with E-state index in [4.69, 9.17) is 16.3 Å². The summed E-state index contributed by atoms with van der Waals surface area (Å²) in [5, 5.41) is 3.23. The van der Waals surface area contributed by atoms with E-state index in [1.54, 1.807) is 48.5 Å². The maximum atomic E-state index is 13.2. The third kappa shape index (κ3) is 4.37. The van der Waals surface area contributed by atoms with E-state index in [2.05, 4.69) is 15.3 Å². The molecule has 0 bridgehead atoms. The minimum atomic E-state index is -0.669. The lowest BCUT2D eigenvalue weighted by atomic mass is 10.2. The van der Waals surface area contributed by atoms with Gasteiger partial charge in [-0.15, -0.1) is 0 Å². The summed E-state index contributed by atoms with van der Waals surface area (Å²) in [6.45, 7) is -0.366. The molecule has 0 atom stereocenters. The summed E-state index contributed by atoms with van der Waals surface area (Å²) in [5.41, 5.74) is -0.0196. The predicted molar refractivity (Wildman–Crippen MR) is 120 cm³/mol. The molecule has 0 saturated carbocycles. The highest BCUT2D eigenvalue weighted by Crippen LogP contribution is 2.14. The number of nitrogens with one attached hydrogen (secondary N) is 1. The Morgan fingerprint density at radius 3 is 2.56 bits per heavy atom. The van der Waals surface area contributed by atoms with Crippen molar-refractivity contribution in [3.05, 3.63) is 92.3 Å². The van der Waals surface area contributed by atoms with Crippen molar-refractivity contribution < 1.29 is 9.53 Å². The summed E-state index contributed by atoms with van der Waals surface area (Å²) < 4.78 is 7.37. The van der Waals surface area contributed by atoms with E-state index < -0.39 is 17.2 Å². The van der Waals surface area contributed by atoms with Crippen LogP contribution in [-0.2, 0) is 17.9 Å². The summed E-state index contributed by atoms with van der Waals surface area (Å²) in [7, 11) is 1.53. The van der Waals surface area contributed by atoms with E-state index in [-0.39, 0.29) is 24.3 Å². The lowest BCUT2D eigenvalue weighted by molar-refractivity contribution is -0.116. The van der Waals surface area contributed by atoms with Crippen LogP contribution in [0.3, 0.4) is 0 Å². The maximum Gasteiger partial charge on any atom is 0.333 e. The van der Waals surface area contributed by atoms with Gasteiger partial charge in [0.05, 0.1) is 13.7 Å². The summed E-state index contributed by atoms with van der Waals surface area (Å²) in [5.74, 6) is 0.131. The quantitative estimate of drug-likeness (QED) is 0.482. The highest BCUT2D eigenvalue weighted by Gasteiger charge is 2.17. The van der Waals surface area contributed by atoms with Crippen LogP contribution in [0.15, 0.2) is 70.5 Å². The third-order valence-electron chi connectivity index (χ3n) is 4.75. The van der Waals surface area contributed by atoms with Gasteiger partial charge in [0, 0.05) is 23.1 Å². The van der Waals surface area contributed by atoms with Gasteiger partial charge < -0.3 is 10.1 Å². The number of nitrogens with zero attached hydrogens (tertiary/aromatic N) is 4. The SMILES string of the molecule is COc1cccc(Cn2c(=O)c3nccnc3n(CC(=O)Nc3ccc(Cl)cc3)c2=O)c1. The highest BCUT2D eigenvalue weighted by atomic mass is 35.5. The number of carbonyl (C=O) groups excluding carboxylic acids is 1. The number of carbonyl (C=O) groups is 1. The van der Waals surface area contributed by atoms with E-state index in [9.17, 15) is 14.4 Å². The second-order valence-electron chi connectivity index (χ2n) is 6.90. The fraction of sp³-hybridized carbons (Fsp3) is 0.136. The molecule has 0 unspecified atom stereocenters. The van der Waals surface area contributed by atoms with E-state index in [1.807, 2.05) is 0 Å². The van der Waals surface area contributed by atoms with Gasteiger partial charge in [0.1, 0.15) is 12.3 Å². The second kappa shape index (κ2) is 9.03. The number of halogens is 1. The number of anilines is 1. The molecule has 0 saturated heterocycles. The smallest absolute Gasteiger partial charge is 0.333 e. The van der Waals surface area contributed by atoms with Crippen LogP contribution < -0.4 is 21.3 Å². The Hall–Kier alpha value is -3.98. The van der Waals surface area contributed by atoms with Gasteiger partial charge in [-0.05, 0) is 42.0 Å². The van der Waals surface area contributed by atoms with Crippen molar-refractivity contribution in [1.29, 1.82) is 0 Å². The number of hydrogen-bond acceptors (Lipinski definition) is 6. The van der Waals surface area contributed by atoms with Gasteiger partial charge in [-0.1, -0.05) is 23.7 Å². The standard InChI is InChI=1S/C22H18ClN5O4/c1-32-17-4-2-3-14(11-17)12-28-21(30)19-20(25-10-9-24-19)27(22(28)31)13-18(29)26-16-7-5-15(23)6-8-16/h2-11H,12-13H2,1H3,(H,26,29). The zero-order chi connectivity index (χ0) is 22.7. The molecular weight excluding hydrogens is 434 g/mol. The lowest BCUT2D eigenvalue weighted by Gasteiger charge is -2.13. The first-order valence-corrected chi connectivity index (χ1v) is 9.97. The van der Waals surface area contributed by atoms with Crippen LogP contribution in [0.4, 0.5) is 5.69 Å². The summed E-state index contributed by atoms with van der Waals surface area (Å²) in [6.07, 6.45) is 2.73. The molecule has 0 aliphatic rings. The Morgan fingerprint density at radius 1 is 1.06 bits per heavy atom. The van der Waals surface area contributed by atoms with Crippen molar-refractivity contribution in [2.75, 3.05) is 12.4 Å². The number of benzene rings is 2. The molecule has 1 N–H and O–H groups in total. The highest BCUT2D eigenvalue weighted by molar-refractivity contribution is 6.30. The molecule has 0 aliphatic heterocycles. The fourth-order valence-corrected chi connectivity index (χ4v) is 3.37. The summed E-state index contributed by atoms with van der Waals surface area (Å²) in [4.78, 5) is 47.1. The van der Waals surface area contributed by atoms with Crippen LogP contribution in [0.25, 0.3) is 11.2 Å². The Kier molecular flexibility index (Phi) is 6.00. The Labute approximate surface area is 186 Å². The molecule has 4 rings (SSSR count). The zero-order valence-electron chi connectivity index (χ0n) is 17.0. The molecule has 0 spiro atoms. The molecule has 0 aliphatic carbocycles. The van der Waals surface area contributed by atoms with E-state index in [0.717, 1.165) is 9.13 Å². The molecule has 9 nitrogen and oxygen atoms in total. The van der Waals surface area contributed by atoms with Crippen LogP contribution in [-0.4, -0.2) is 32.1 Å². The third-order valence-corrected chi connectivity index (χ3v) is 5.00. The second-order valence-corrected chi connectivity index (χ2v) is 7.33. The van der Waals surface area contributed by atoms with Gasteiger partial charge in [-0.2, -0.15) is 0 Å². The van der Waals surface area contributed by atoms with Crippen LogP contribution >= 0.6 is 11.6 Å². The van der Waals surface area contributed by atoms with Gasteiger partial charge in [-0.3, -0.25) is 18.7 Å². The molecule has 4 aromatic rings. The monoisotopic (exact) mass is 451 g/mol. The molecule has 1 amide bonds. The number of aromatic nitrogens is 4. The fourth-order valence-electron chi connectivity index (χ4n) is 3.24. The Bertz CT molecular complexity index is 1410. The van der Waals surface area contributed by atoms with Crippen molar-refractivity contribution in [1.82, 2.24) is 19.1 Å². The van der Waals surface area contributed by atoms with E-state index >= 15 is 0 Å². The minimum absolute atomic E-state index is 0.00529. The zero-order valence-corrected chi connectivity index (χ0v) is 17.7. The molecule has 2 heterocycles. The first kappa shape index (κ1) is 21.3. The molecular formula is C22H18ClN5O4. The molecule has 0 fully saturated rings. The van der Waals surface area contributed by atoms with Gasteiger partial charge in [0.2, 0.25) is 5.91 Å². The number of hydrogen-bond donors (Lipinski definition) is 1. The lowest BCUT2D eigenvalue weighted by Crippen LogP contribution is -2.42. The van der Waals surface area contributed by atoms with Crippen LogP contribution in [0.2, 0.25) is 5.02 Å². The van der Waals surface area contributed by atoms with Crippen LogP contribution in [0, 0.1) is 0 Å². The van der Waals surface area contributed by atoms with Crippen LogP contribution in [0.1, 0.15) is 5.56 Å². The summed E-state index contributed by atoms with van der Waals surface area (Å²) in [6, 6.07) is 13.6. The van der Waals surface area contributed by atoms with Crippen molar-refractivity contribution >= 4 is 34.4 Å². The van der Waals surface area contributed by atoms with Crippen molar-refractivity contribution in [3.8, 4) is 5.75 Å². The number of methoxy groups -OCH3 is 1. The first-order chi connectivity index (χ1) is 15.5. The topological polar surface area (TPSA) is 108 Å². The predicted octanol–water partition coefficient (Wildman–Crippen LogP) is 2.30. The van der Waals surface area contributed by atoms with Crippen molar-refractivity contribution in [2.45, 2.75) is 13.1 Å². The molecule has 162 valence electrons. The molecule has 32 heavy (non-hydrogen) atoms. The average Bonchev–Trinajstić information content (AvgIpc) is 2.81. The van der Waals surface area contributed by atoms with Crippen molar-refractivity contribution in [2.24, 2.45) is 0 Å². The van der Waals surface area contributed by atoms with Gasteiger partial charge in [0.25, 0.3) is 5.56 Å². The van der Waals surface area contributed by atoms with Gasteiger partial charge in [0.15, 0.2) is 11.2 Å². The van der Waals surface area contributed by atoms with E-state index in [1.165, 1.54) is 19.5 Å². The van der Waals surface area contributed by atoms with E-state index in [0.29, 0.717) is 22.0 Å². The molecule has 2 aromatic carbocycles. The molecule has 2 aromatic heterocycles. The first-order valence-electron chi connectivity index (χ1n) is 9.59. The normalized spacial score (nSPS) is 10.8. The van der Waals surface area contributed by atoms with Crippen LogP contribution in [0.5, 0.6) is 5.75 Å². The number of rotatable bonds is 6. The molecule has 10 heteroatoms. The summed E-state index contributed by atoms with van der Waals surface area (Å²) >= 11 is 5.87. The maximum absolute atomic E-state index is 13.2. The number of ether oxygens (including phenoxy) is 1. The van der Waals surface area contributed by atoms with Gasteiger partial charge >= 0.3 is 5.69 Å². The molecule has 0 radical (unpaired) electrons.